The van der Waals surface area contributed by atoms with Gasteiger partial charge in [0.05, 0.1) is 10.6 Å². The Hall–Kier alpha value is -2.40. The zero-order chi connectivity index (χ0) is 15.5. The molecule has 0 radical (unpaired) electrons. The van der Waals surface area contributed by atoms with Crippen molar-refractivity contribution in [3.05, 3.63) is 64.3 Å². The second-order valence-electron chi connectivity index (χ2n) is 5.00. The van der Waals surface area contributed by atoms with Crippen molar-refractivity contribution in [2.24, 2.45) is 4.99 Å². The molecular formula is C17H15N3OS. The molecule has 0 atom stereocenters. The van der Waals surface area contributed by atoms with E-state index in [1.165, 1.54) is 11.8 Å². The van der Waals surface area contributed by atoms with Crippen molar-refractivity contribution in [1.82, 2.24) is 10.3 Å². The molecule has 0 bridgehead atoms. The number of hydrogen-bond donors (Lipinski definition) is 1. The van der Waals surface area contributed by atoms with Crippen molar-refractivity contribution in [3.63, 3.8) is 0 Å². The molecule has 3 rings (SSSR count). The third kappa shape index (κ3) is 3.09. The molecule has 4 nitrogen and oxygen atoms in total. The quantitative estimate of drug-likeness (QED) is 0.863. The van der Waals surface area contributed by atoms with Crippen LogP contribution in [-0.4, -0.2) is 16.1 Å². The van der Waals surface area contributed by atoms with Crippen molar-refractivity contribution >= 4 is 34.6 Å². The molecule has 1 amide bonds. The number of aromatic nitrogens is 1. The van der Waals surface area contributed by atoms with Gasteiger partial charge < -0.3 is 5.32 Å². The summed E-state index contributed by atoms with van der Waals surface area (Å²) in [6.45, 7) is 4.03. The third-order valence-electron chi connectivity index (χ3n) is 3.31. The van der Waals surface area contributed by atoms with Gasteiger partial charge in [-0.2, -0.15) is 0 Å². The van der Waals surface area contributed by atoms with E-state index in [0.29, 0.717) is 10.1 Å². The van der Waals surface area contributed by atoms with Gasteiger partial charge >= 0.3 is 0 Å². The number of pyridine rings is 1. The molecule has 1 aliphatic rings. The Labute approximate surface area is 133 Å². The fourth-order valence-electron chi connectivity index (χ4n) is 2.18. The molecule has 2 aromatic rings. The number of rotatable bonds is 2. The molecule has 0 aliphatic carbocycles. The number of carbonyl (C=O) groups excluding carboxylic acids is 1. The highest BCUT2D eigenvalue weighted by atomic mass is 32.2. The van der Waals surface area contributed by atoms with E-state index in [1.54, 1.807) is 12.4 Å². The van der Waals surface area contributed by atoms with Crippen LogP contribution >= 0.6 is 11.8 Å². The highest BCUT2D eigenvalue weighted by Crippen LogP contribution is 2.30. The van der Waals surface area contributed by atoms with Crippen LogP contribution in [0, 0.1) is 13.8 Å². The summed E-state index contributed by atoms with van der Waals surface area (Å²) < 4.78 is 0. The van der Waals surface area contributed by atoms with Crippen LogP contribution in [0.4, 0.5) is 5.69 Å². The first-order valence-corrected chi connectivity index (χ1v) is 7.71. The SMILES string of the molecule is Cc1cccc(C)c1N=C1NC(=O)/C(=C\c2ccncc2)S1. The minimum Gasteiger partial charge on any atom is -0.300 e. The van der Waals surface area contributed by atoms with Crippen LogP contribution in [0.25, 0.3) is 6.08 Å². The van der Waals surface area contributed by atoms with Crippen molar-refractivity contribution in [2.45, 2.75) is 13.8 Å². The van der Waals surface area contributed by atoms with Gasteiger partial charge in [0.15, 0.2) is 5.17 Å². The van der Waals surface area contributed by atoms with E-state index in [9.17, 15) is 4.79 Å². The largest absolute Gasteiger partial charge is 0.300 e. The molecule has 1 aromatic carbocycles. The van der Waals surface area contributed by atoms with E-state index in [2.05, 4.69) is 15.3 Å². The molecule has 0 spiro atoms. The lowest BCUT2D eigenvalue weighted by atomic mass is 10.1. The summed E-state index contributed by atoms with van der Waals surface area (Å²) >= 11 is 1.36. The van der Waals surface area contributed by atoms with Crippen LogP contribution in [0.1, 0.15) is 16.7 Å². The maximum atomic E-state index is 12.1. The first kappa shape index (κ1) is 14.5. The molecule has 110 valence electrons. The normalized spacial score (nSPS) is 18.0. The molecular weight excluding hydrogens is 294 g/mol. The lowest BCUT2D eigenvalue weighted by Crippen LogP contribution is -2.19. The predicted molar refractivity (Wildman–Crippen MR) is 91.0 cm³/mol. The van der Waals surface area contributed by atoms with E-state index in [0.717, 1.165) is 22.4 Å². The number of nitrogens with one attached hydrogen (secondary N) is 1. The summed E-state index contributed by atoms with van der Waals surface area (Å²) in [6.07, 6.45) is 5.25. The molecule has 1 fully saturated rings. The van der Waals surface area contributed by atoms with E-state index in [4.69, 9.17) is 0 Å². The third-order valence-corrected chi connectivity index (χ3v) is 4.22. The van der Waals surface area contributed by atoms with Gasteiger partial charge in [-0.1, -0.05) is 18.2 Å². The Morgan fingerprint density at radius 3 is 2.50 bits per heavy atom. The van der Waals surface area contributed by atoms with Gasteiger partial charge in [0.1, 0.15) is 0 Å². The molecule has 1 aliphatic heterocycles. The average molecular weight is 309 g/mol. The molecule has 1 N–H and O–H groups in total. The molecule has 22 heavy (non-hydrogen) atoms. The molecule has 0 saturated carbocycles. The first-order chi connectivity index (χ1) is 10.6. The van der Waals surface area contributed by atoms with Crippen LogP contribution in [0.5, 0.6) is 0 Å². The maximum absolute atomic E-state index is 12.1. The van der Waals surface area contributed by atoms with Crippen LogP contribution < -0.4 is 5.32 Å². The number of nitrogens with zero attached hydrogens (tertiary/aromatic N) is 2. The lowest BCUT2D eigenvalue weighted by molar-refractivity contribution is -0.115. The Morgan fingerprint density at radius 2 is 1.82 bits per heavy atom. The van der Waals surface area contributed by atoms with Crippen LogP contribution in [0.3, 0.4) is 0 Å². The van der Waals surface area contributed by atoms with Gasteiger partial charge in [0, 0.05) is 12.4 Å². The molecule has 2 heterocycles. The number of benzene rings is 1. The Bertz CT molecular complexity index is 761. The van der Waals surface area contributed by atoms with Crippen LogP contribution in [-0.2, 0) is 4.79 Å². The fraction of sp³-hybridized carbons (Fsp3) is 0.118. The summed E-state index contributed by atoms with van der Waals surface area (Å²) in [5, 5.41) is 3.43. The van der Waals surface area contributed by atoms with Gasteiger partial charge in [0.25, 0.3) is 5.91 Å². The summed E-state index contributed by atoms with van der Waals surface area (Å²) in [4.78, 5) is 21.3. The van der Waals surface area contributed by atoms with Gasteiger partial charge in [-0.05, 0) is 60.5 Å². The molecule has 5 heteroatoms. The van der Waals surface area contributed by atoms with E-state index in [1.807, 2.05) is 50.3 Å². The highest BCUT2D eigenvalue weighted by Gasteiger charge is 2.24. The number of amides is 1. The molecule has 1 aromatic heterocycles. The monoisotopic (exact) mass is 309 g/mol. The second kappa shape index (κ2) is 6.15. The van der Waals surface area contributed by atoms with Gasteiger partial charge in [0.2, 0.25) is 0 Å². The predicted octanol–water partition coefficient (Wildman–Crippen LogP) is 3.59. The molecule has 1 saturated heterocycles. The van der Waals surface area contributed by atoms with Crippen molar-refractivity contribution < 1.29 is 4.79 Å². The number of aryl methyl sites for hydroxylation is 2. The Morgan fingerprint density at radius 1 is 1.14 bits per heavy atom. The van der Waals surface area contributed by atoms with Crippen LogP contribution in [0.2, 0.25) is 0 Å². The zero-order valence-corrected chi connectivity index (χ0v) is 13.1. The number of aliphatic imine (C=N–C) groups is 1. The topological polar surface area (TPSA) is 54.4 Å². The van der Waals surface area contributed by atoms with Crippen LogP contribution in [0.15, 0.2) is 52.6 Å². The average Bonchev–Trinajstić information content (AvgIpc) is 2.84. The van der Waals surface area contributed by atoms with Crippen molar-refractivity contribution in [1.29, 1.82) is 0 Å². The summed E-state index contributed by atoms with van der Waals surface area (Å²) in [6, 6.07) is 9.76. The fourth-order valence-corrected chi connectivity index (χ4v) is 3.00. The van der Waals surface area contributed by atoms with E-state index >= 15 is 0 Å². The highest BCUT2D eigenvalue weighted by molar-refractivity contribution is 8.18. The summed E-state index contributed by atoms with van der Waals surface area (Å²) in [5.41, 5.74) is 4.04. The number of hydrogen-bond acceptors (Lipinski definition) is 4. The number of amidine groups is 1. The summed E-state index contributed by atoms with van der Waals surface area (Å²) in [7, 11) is 0. The number of para-hydroxylation sites is 1. The second-order valence-corrected chi connectivity index (χ2v) is 6.03. The van der Waals surface area contributed by atoms with E-state index in [-0.39, 0.29) is 5.91 Å². The number of carbonyl (C=O) groups is 1. The minimum atomic E-state index is -0.119. The van der Waals surface area contributed by atoms with Gasteiger partial charge in [-0.25, -0.2) is 4.99 Å². The smallest absolute Gasteiger partial charge is 0.264 e. The van der Waals surface area contributed by atoms with Crippen molar-refractivity contribution in [3.8, 4) is 0 Å². The Balaban J connectivity index is 1.89. The van der Waals surface area contributed by atoms with Gasteiger partial charge in [-0.15, -0.1) is 0 Å². The van der Waals surface area contributed by atoms with E-state index < -0.39 is 0 Å². The summed E-state index contributed by atoms with van der Waals surface area (Å²) in [5.74, 6) is -0.119. The zero-order valence-electron chi connectivity index (χ0n) is 12.3. The Kier molecular flexibility index (Phi) is 4.06. The van der Waals surface area contributed by atoms with Crippen molar-refractivity contribution in [2.75, 3.05) is 0 Å². The number of thioether (sulfide) groups is 1. The first-order valence-electron chi connectivity index (χ1n) is 6.89. The van der Waals surface area contributed by atoms with Gasteiger partial charge in [-0.3, -0.25) is 9.78 Å². The lowest BCUT2D eigenvalue weighted by Gasteiger charge is -2.04. The maximum Gasteiger partial charge on any atom is 0.264 e. The standard InChI is InChI=1S/C17H15N3OS/c1-11-4-3-5-12(2)15(11)19-17-20-16(21)14(22-17)10-13-6-8-18-9-7-13/h3-10H,1-2H3,(H,19,20,21)/b14-10+. The minimum absolute atomic E-state index is 0.119. The molecule has 0 unspecified atom stereocenters.